The highest BCUT2D eigenvalue weighted by Gasteiger charge is 2.17. The van der Waals surface area contributed by atoms with E-state index in [1.54, 1.807) is 26.4 Å². The summed E-state index contributed by atoms with van der Waals surface area (Å²) in [6, 6.07) is 12.9. The van der Waals surface area contributed by atoms with E-state index >= 15 is 0 Å². The van der Waals surface area contributed by atoms with Crippen molar-refractivity contribution < 1.29 is 9.47 Å². The van der Waals surface area contributed by atoms with Gasteiger partial charge in [-0.15, -0.1) is 0 Å². The van der Waals surface area contributed by atoms with Gasteiger partial charge in [0.25, 0.3) is 0 Å². The SMILES string of the molecule is CCn1c(N)c(-c2ccc(OC)c(OC)c2)c(=O)c2ccccc21. The molecule has 0 aliphatic rings. The second kappa shape index (κ2) is 6.28. The third-order valence-electron chi connectivity index (χ3n) is 4.20. The highest BCUT2D eigenvalue weighted by Crippen LogP contribution is 2.34. The minimum Gasteiger partial charge on any atom is -0.493 e. The molecule has 5 nitrogen and oxygen atoms in total. The maximum Gasteiger partial charge on any atom is 0.199 e. The highest BCUT2D eigenvalue weighted by atomic mass is 16.5. The fraction of sp³-hybridized carbons (Fsp3) is 0.211. The predicted molar refractivity (Wildman–Crippen MR) is 96.8 cm³/mol. The highest BCUT2D eigenvalue weighted by molar-refractivity contribution is 5.89. The van der Waals surface area contributed by atoms with E-state index in [-0.39, 0.29) is 5.43 Å². The number of aryl methyl sites for hydroxylation is 1. The molecule has 0 aliphatic carbocycles. The molecule has 0 amide bonds. The second-order valence-corrected chi connectivity index (χ2v) is 5.42. The summed E-state index contributed by atoms with van der Waals surface area (Å²) in [5.74, 6) is 1.62. The molecule has 0 radical (unpaired) electrons. The van der Waals surface area contributed by atoms with Gasteiger partial charge >= 0.3 is 0 Å². The Morgan fingerprint density at radius 2 is 1.75 bits per heavy atom. The second-order valence-electron chi connectivity index (χ2n) is 5.42. The summed E-state index contributed by atoms with van der Waals surface area (Å²) >= 11 is 0. The van der Waals surface area contributed by atoms with Crippen molar-refractivity contribution in [2.75, 3.05) is 20.0 Å². The van der Waals surface area contributed by atoms with Crippen molar-refractivity contribution in [2.45, 2.75) is 13.5 Å². The minimum atomic E-state index is -0.0833. The number of anilines is 1. The zero-order valence-corrected chi connectivity index (χ0v) is 14.0. The Hall–Kier alpha value is -2.95. The first-order valence-corrected chi connectivity index (χ1v) is 7.75. The third kappa shape index (κ3) is 2.38. The molecule has 1 heterocycles. The molecular formula is C19H20N2O3. The van der Waals surface area contributed by atoms with Crippen LogP contribution >= 0.6 is 0 Å². The Bertz CT molecular complexity index is 961. The number of aromatic nitrogens is 1. The summed E-state index contributed by atoms with van der Waals surface area (Å²) < 4.78 is 12.6. The van der Waals surface area contributed by atoms with Crippen LogP contribution in [0.3, 0.4) is 0 Å². The van der Waals surface area contributed by atoms with Gasteiger partial charge in [-0.1, -0.05) is 18.2 Å². The number of benzene rings is 2. The average Bonchev–Trinajstić information content (AvgIpc) is 2.62. The van der Waals surface area contributed by atoms with Crippen molar-refractivity contribution in [3.05, 3.63) is 52.7 Å². The van der Waals surface area contributed by atoms with Crippen molar-refractivity contribution in [1.82, 2.24) is 4.57 Å². The maximum atomic E-state index is 13.0. The molecule has 0 fully saturated rings. The number of methoxy groups -OCH3 is 2. The molecule has 0 spiro atoms. The first kappa shape index (κ1) is 15.9. The Kier molecular flexibility index (Phi) is 4.16. The van der Waals surface area contributed by atoms with E-state index in [1.807, 2.05) is 41.8 Å². The van der Waals surface area contributed by atoms with E-state index in [0.29, 0.717) is 40.4 Å². The van der Waals surface area contributed by atoms with Gasteiger partial charge < -0.3 is 19.8 Å². The molecule has 5 heteroatoms. The summed E-state index contributed by atoms with van der Waals surface area (Å²) in [6.07, 6.45) is 0. The summed E-state index contributed by atoms with van der Waals surface area (Å²) in [5.41, 5.74) is 8.30. The van der Waals surface area contributed by atoms with E-state index in [2.05, 4.69) is 0 Å². The van der Waals surface area contributed by atoms with Crippen molar-refractivity contribution >= 4 is 16.7 Å². The molecule has 1 aromatic heterocycles. The van der Waals surface area contributed by atoms with Gasteiger partial charge in [-0.3, -0.25) is 4.79 Å². The van der Waals surface area contributed by atoms with Crippen molar-refractivity contribution in [1.29, 1.82) is 0 Å². The first-order chi connectivity index (χ1) is 11.6. The van der Waals surface area contributed by atoms with E-state index < -0.39 is 0 Å². The van der Waals surface area contributed by atoms with E-state index in [0.717, 1.165) is 5.52 Å². The third-order valence-corrected chi connectivity index (χ3v) is 4.20. The molecule has 3 aromatic rings. The van der Waals surface area contributed by atoms with E-state index in [1.165, 1.54) is 0 Å². The predicted octanol–water partition coefficient (Wildman–Crippen LogP) is 3.29. The number of hydrogen-bond donors (Lipinski definition) is 1. The molecule has 2 N–H and O–H groups in total. The van der Waals surface area contributed by atoms with Gasteiger partial charge in [-0.2, -0.15) is 0 Å². The lowest BCUT2D eigenvalue weighted by atomic mass is 10.0. The molecular weight excluding hydrogens is 304 g/mol. The lowest BCUT2D eigenvalue weighted by Gasteiger charge is -2.17. The summed E-state index contributed by atoms with van der Waals surface area (Å²) in [6.45, 7) is 2.68. The van der Waals surface area contributed by atoms with E-state index in [4.69, 9.17) is 15.2 Å². The van der Waals surface area contributed by atoms with Gasteiger partial charge in [-0.05, 0) is 36.8 Å². The van der Waals surface area contributed by atoms with Crippen LogP contribution in [0.5, 0.6) is 11.5 Å². The van der Waals surface area contributed by atoms with Crippen LogP contribution in [0.2, 0.25) is 0 Å². The largest absolute Gasteiger partial charge is 0.493 e. The van der Waals surface area contributed by atoms with Crippen LogP contribution in [0.15, 0.2) is 47.3 Å². The quantitative estimate of drug-likeness (QED) is 0.800. The van der Waals surface area contributed by atoms with Crippen LogP contribution in [0.1, 0.15) is 6.92 Å². The van der Waals surface area contributed by atoms with Gasteiger partial charge in [0.2, 0.25) is 0 Å². The Labute approximate surface area is 140 Å². The topological polar surface area (TPSA) is 66.5 Å². The van der Waals surface area contributed by atoms with Crippen molar-refractivity contribution in [2.24, 2.45) is 0 Å². The minimum absolute atomic E-state index is 0.0833. The van der Waals surface area contributed by atoms with Gasteiger partial charge in [0.1, 0.15) is 5.82 Å². The zero-order chi connectivity index (χ0) is 17.3. The normalized spacial score (nSPS) is 10.8. The molecule has 0 atom stereocenters. The fourth-order valence-electron chi connectivity index (χ4n) is 3.03. The molecule has 0 bridgehead atoms. The van der Waals surface area contributed by atoms with Gasteiger partial charge in [0.05, 0.1) is 25.3 Å². The number of pyridine rings is 1. The zero-order valence-electron chi connectivity index (χ0n) is 14.0. The number of nitrogens with two attached hydrogens (primary N) is 1. The molecule has 0 saturated heterocycles. The molecule has 0 aliphatic heterocycles. The smallest absolute Gasteiger partial charge is 0.199 e. The fourth-order valence-corrected chi connectivity index (χ4v) is 3.03. The number of nitrogens with zero attached hydrogens (tertiary/aromatic N) is 1. The lowest BCUT2D eigenvalue weighted by Crippen LogP contribution is -2.17. The summed E-state index contributed by atoms with van der Waals surface area (Å²) in [7, 11) is 3.14. The number of fused-ring (bicyclic) bond motifs is 1. The van der Waals surface area contributed by atoms with Crippen molar-refractivity contribution in [3.8, 4) is 22.6 Å². The maximum absolute atomic E-state index is 13.0. The summed E-state index contributed by atoms with van der Waals surface area (Å²) in [5, 5.41) is 0.651. The number of nitrogen functional groups attached to an aromatic ring is 1. The Morgan fingerprint density at radius 1 is 1.04 bits per heavy atom. The number of hydrogen-bond acceptors (Lipinski definition) is 4. The molecule has 3 rings (SSSR count). The first-order valence-electron chi connectivity index (χ1n) is 7.75. The molecule has 0 saturated carbocycles. The molecule has 0 unspecified atom stereocenters. The van der Waals surface area contributed by atoms with E-state index in [9.17, 15) is 4.79 Å². The molecule has 124 valence electrons. The van der Waals surface area contributed by atoms with Gasteiger partial charge in [0.15, 0.2) is 16.9 Å². The van der Waals surface area contributed by atoms with Gasteiger partial charge in [0, 0.05) is 11.9 Å². The Morgan fingerprint density at radius 3 is 2.42 bits per heavy atom. The van der Waals surface area contributed by atoms with Crippen LogP contribution < -0.4 is 20.6 Å². The average molecular weight is 324 g/mol. The van der Waals surface area contributed by atoms with Crippen LogP contribution in [-0.2, 0) is 6.54 Å². The monoisotopic (exact) mass is 324 g/mol. The van der Waals surface area contributed by atoms with Crippen LogP contribution in [0.25, 0.3) is 22.0 Å². The van der Waals surface area contributed by atoms with Crippen LogP contribution in [0.4, 0.5) is 5.82 Å². The molecule has 2 aromatic carbocycles. The Balaban J connectivity index is 2.37. The number of ether oxygens (including phenoxy) is 2. The van der Waals surface area contributed by atoms with Gasteiger partial charge in [-0.25, -0.2) is 0 Å². The summed E-state index contributed by atoms with van der Waals surface area (Å²) in [4.78, 5) is 13.0. The number of para-hydroxylation sites is 1. The standard InChI is InChI=1S/C19H20N2O3/c1-4-21-14-8-6-5-7-13(14)18(22)17(19(21)20)12-9-10-15(23-2)16(11-12)24-3/h5-11H,4,20H2,1-3H3. The van der Waals surface area contributed by atoms with Crippen LogP contribution in [-0.4, -0.2) is 18.8 Å². The lowest BCUT2D eigenvalue weighted by molar-refractivity contribution is 0.355. The van der Waals surface area contributed by atoms with Crippen LogP contribution in [0, 0.1) is 0 Å². The van der Waals surface area contributed by atoms with Crippen molar-refractivity contribution in [3.63, 3.8) is 0 Å². The number of rotatable bonds is 4. The molecule has 24 heavy (non-hydrogen) atoms.